The van der Waals surface area contributed by atoms with Gasteiger partial charge < -0.3 is 9.47 Å². The second-order valence-electron chi connectivity index (χ2n) is 5.65. The molecule has 0 amide bonds. The number of halogens is 1. The van der Waals surface area contributed by atoms with Crippen molar-refractivity contribution in [2.24, 2.45) is 7.05 Å². The topological polar surface area (TPSA) is 39.5 Å². The van der Waals surface area contributed by atoms with Crippen molar-refractivity contribution in [2.75, 3.05) is 20.3 Å². The van der Waals surface area contributed by atoms with Gasteiger partial charge in [0.1, 0.15) is 0 Å². The summed E-state index contributed by atoms with van der Waals surface area (Å²) in [5.74, 6) is 1.41. The highest BCUT2D eigenvalue weighted by atomic mass is 35.5. The monoisotopic (exact) mass is 321 g/mol. The zero-order valence-electron chi connectivity index (χ0n) is 12.9. The Balaban J connectivity index is 1.72. The maximum atomic E-state index is 6.33. The summed E-state index contributed by atoms with van der Waals surface area (Å²) in [6.45, 7) is 2.93. The van der Waals surface area contributed by atoms with E-state index in [4.69, 9.17) is 21.1 Å². The largest absolute Gasteiger partial charge is 0.489 e. The van der Waals surface area contributed by atoms with E-state index >= 15 is 0 Å². The Labute approximate surface area is 135 Å². The van der Waals surface area contributed by atoms with E-state index in [1.807, 2.05) is 36.3 Å². The van der Waals surface area contributed by atoms with Crippen LogP contribution in [0.4, 0.5) is 0 Å². The van der Waals surface area contributed by atoms with E-state index in [9.17, 15) is 0 Å². The summed E-state index contributed by atoms with van der Waals surface area (Å²) in [5, 5.41) is 4.81. The predicted octanol–water partition coefficient (Wildman–Crippen LogP) is 2.87. The first-order valence-electron chi connectivity index (χ1n) is 7.36. The Kier molecular flexibility index (Phi) is 4.55. The SMILES string of the molecule is CN(Cc1cc(Cl)c2c(c1)OCCCO2)Cc1cnn(C)c1. The number of benzene rings is 1. The van der Waals surface area contributed by atoms with Crippen LogP contribution in [0.2, 0.25) is 5.02 Å². The van der Waals surface area contributed by atoms with E-state index in [2.05, 4.69) is 17.0 Å². The van der Waals surface area contributed by atoms with Gasteiger partial charge in [-0.3, -0.25) is 9.58 Å². The highest BCUT2D eigenvalue weighted by Gasteiger charge is 2.16. The maximum absolute atomic E-state index is 6.33. The quantitative estimate of drug-likeness (QED) is 0.868. The van der Waals surface area contributed by atoms with Crippen LogP contribution in [0, 0.1) is 0 Å². The second-order valence-corrected chi connectivity index (χ2v) is 6.06. The fourth-order valence-electron chi connectivity index (χ4n) is 2.61. The molecule has 0 unspecified atom stereocenters. The highest BCUT2D eigenvalue weighted by molar-refractivity contribution is 6.32. The molecule has 0 spiro atoms. The summed E-state index contributed by atoms with van der Waals surface area (Å²) in [6.07, 6.45) is 4.79. The number of nitrogens with zero attached hydrogens (tertiary/aromatic N) is 3. The van der Waals surface area contributed by atoms with Crippen LogP contribution in [0.15, 0.2) is 24.5 Å². The van der Waals surface area contributed by atoms with Crippen LogP contribution in [0.1, 0.15) is 17.5 Å². The average molecular weight is 322 g/mol. The van der Waals surface area contributed by atoms with E-state index in [1.54, 1.807) is 0 Å². The number of ether oxygens (including phenoxy) is 2. The number of rotatable bonds is 4. The molecule has 0 saturated heterocycles. The fraction of sp³-hybridized carbons (Fsp3) is 0.438. The third-order valence-electron chi connectivity index (χ3n) is 3.53. The molecule has 0 radical (unpaired) electrons. The Hall–Kier alpha value is -1.72. The van der Waals surface area contributed by atoms with Crippen molar-refractivity contribution in [3.63, 3.8) is 0 Å². The van der Waals surface area contributed by atoms with Gasteiger partial charge in [-0.25, -0.2) is 0 Å². The summed E-state index contributed by atoms with van der Waals surface area (Å²) in [4.78, 5) is 2.21. The van der Waals surface area contributed by atoms with Crippen LogP contribution in [-0.2, 0) is 20.1 Å². The van der Waals surface area contributed by atoms with Crippen LogP contribution in [0.3, 0.4) is 0 Å². The Morgan fingerprint density at radius 2 is 2.00 bits per heavy atom. The van der Waals surface area contributed by atoms with Gasteiger partial charge in [-0.05, 0) is 24.7 Å². The highest BCUT2D eigenvalue weighted by Crippen LogP contribution is 2.38. The van der Waals surface area contributed by atoms with Gasteiger partial charge in [0.2, 0.25) is 0 Å². The first-order chi connectivity index (χ1) is 10.6. The first kappa shape index (κ1) is 15.2. The van der Waals surface area contributed by atoms with Gasteiger partial charge in [0, 0.05) is 38.3 Å². The molecule has 2 aromatic rings. The molecule has 0 aliphatic carbocycles. The minimum Gasteiger partial charge on any atom is -0.489 e. The lowest BCUT2D eigenvalue weighted by Crippen LogP contribution is -2.17. The molecule has 2 heterocycles. The van der Waals surface area contributed by atoms with Crippen LogP contribution < -0.4 is 9.47 Å². The Morgan fingerprint density at radius 1 is 1.23 bits per heavy atom. The lowest BCUT2D eigenvalue weighted by atomic mass is 10.2. The molecule has 5 nitrogen and oxygen atoms in total. The average Bonchev–Trinajstić information content (AvgIpc) is 2.72. The molecule has 1 aliphatic rings. The van der Waals surface area contributed by atoms with Gasteiger partial charge in [0.15, 0.2) is 11.5 Å². The molecule has 1 aromatic heterocycles. The Morgan fingerprint density at radius 3 is 2.77 bits per heavy atom. The standard InChI is InChI=1S/C16H20ClN3O2/c1-19(10-13-8-18-20(2)11-13)9-12-6-14(17)16-15(7-12)21-4-3-5-22-16/h6-8,11H,3-5,9-10H2,1-2H3. The summed E-state index contributed by atoms with van der Waals surface area (Å²) in [7, 11) is 4.00. The molecule has 1 aliphatic heterocycles. The van der Waals surface area contributed by atoms with Crippen LogP contribution >= 0.6 is 11.6 Å². The Bertz CT molecular complexity index is 657. The van der Waals surface area contributed by atoms with E-state index in [0.717, 1.165) is 30.8 Å². The second kappa shape index (κ2) is 6.58. The molecular formula is C16H20ClN3O2. The first-order valence-corrected chi connectivity index (χ1v) is 7.73. The smallest absolute Gasteiger partial charge is 0.179 e. The molecule has 0 bridgehead atoms. The number of fused-ring (bicyclic) bond motifs is 1. The molecule has 1 aromatic carbocycles. The molecule has 0 atom stereocenters. The van der Waals surface area contributed by atoms with Gasteiger partial charge in [-0.1, -0.05) is 11.6 Å². The third-order valence-corrected chi connectivity index (χ3v) is 3.81. The molecule has 6 heteroatoms. The van der Waals surface area contributed by atoms with Gasteiger partial charge in [0.05, 0.1) is 24.4 Å². The number of hydrogen-bond acceptors (Lipinski definition) is 4. The molecular weight excluding hydrogens is 302 g/mol. The summed E-state index contributed by atoms with van der Waals surface area (Å²) >= 11 is 6.33. The third kappa shape index (κ3) is 3.54. The van der Waals surface area contributed by atoms with Crippen molar-refractivity contribution in [3.05, 3.63) is 40.7 Å². The summed E-state index contributed by atoms with van der Waals surface area (Å²) in [5.41, 5.74) is 2.30. The zero-order chi connectivity index (χ0) is 15.5. The molecule has 3 rings (SSSR count). The van der Waals surface area contributed by atoms with Gasteiger partial charge >= 0.3 is 0 Å². The summed E-state index contributed by atoms with van der Waals surface area (Å²) < 4.78 is 13.2. The van der Waals surface area contributed by atoms with E-state index in [-0.39, 0.29) is 0 Å². The van der Waals surface area contributed by atoms with Crippen LogP contribution in [0.25, 0.3) is 0 Å². The number of aryl methyl sites for hydroxylation is 1. The van der Waals surface area contributed by atoms with E-state index in [1.165, 1.54) is 5.56 Å². The van der Waals surface area contributed by atoms with Crippen molar-refractivity contribution in [1.29, 1.82) is 0 Å². The van der Waals surface area contributed by atoms with Crippen molar-refractivity contribution >= 4 is 11.6 Å². The van der Waals surface area contributed by atoms with Crippen molar-refractivity contribution < 1.29 is 9.47 Å². The van der Waals surface area contributed by atoms with Crippen molar-refractivity contribution in [2.45, 2.75) is 19.5 Å². The van der Waals surface area contributed by atoms with Gasteiger partial charge in [0.25, 0.3) is 0 Å². The minimum absolute atomic E-state index is 0.615. The molecule has 0 saturated carbocycles. The van der Waals surface area contributed by atoms with Crippen molar-refractivity contribution in [1.82, 2.24) is 14.7 Å². The number of hydrogen-bond donors (Lipinski definition) is 0. The number of aromatic nitrogens is 2. The molecule has 22 heavy (non-hydrogen) atoms. The van der Waals surface area contributed by atoms with Crippen LogP contribution in [0.5, 0.6) is 11.5 Å². The van der Waals surface area contributed by atoms with Gasteiger partial charge in [-0.2, -0.15) is 5.10 Å². The van der Waals surface area contributed by atoms with Gasteiger partial charge in [-0.15, -0.1) is 0 Å². The lowest BCUT2D eigenvalue weighted by Gasteiger charge is -2.17. The maximum Gasteiger partial charge on any atom is 0.179 e. The van der Waals surface area contributed by atoms with Crippen molar-refractivity contribution in [3.8, 4) is 11.5 Å². The predicted molar refractivity (Wildman–Crippen MR) is 85.4 cm³/mol. The zero-order valence-corrected chi connectivity index (χ0v) is 13.6. The fourth-order valence-corrected chi connectivity index (χ4v) is 2.90. The molecule has 0 fully saturated rings. The molecule has 0 N–H and O–H groups in total. The normalized spacial score (nSPS) is 14.2. The molecule has 118 valence electrons. The summed E-state index contributed by atoms with van der Waals surface area (Å²) in [6, 6.07) is 3.97. The van der Waals surface area contributed by atoms with Crippen LogP contribution in [-0.4, -0.2) is 34.9 Å². The minimum atomic E-state index is 0.615. The van der Waals surface area contributed by atoms with E-state index in [0.29, 0.717) is 24.0 Å². The lowest BCUT2D eigenvalue weighted by molar-refractivity contribution is 0.296. The van der Waals surface area contributed by atoms with E-state index < -0.39 is 0 Å².